The average molecular weight is 244 g/mol. The number of nitrogens with one attached hydrogen (secondary N) is 1. The van der Waals surface area contributed by atoms with Gasteiger partial charge in [-0.2, -0.15) is 5.10 Å². The Balaban J connectivity index is 2.21. The number of hydrogen-bond donors (Lipinski definition) is 1. The maximum Gasteiger partial charge on any atom is 0.0540 e. The van der Waals surface area contributed by atoms with Crippen molar-refractivity contribution >= 4 is 0 Å². The minimum Gasteiger partial charge on any atom is -0.310 e. The van der Waals surface area contributed by atoms with Crippen molar-refractivity contribution in [3.63, 3.8) is 0 Å². The molecule has 4 nitrogen and oxygen atoms in total. The first-order chi connectivity index (χ1) is 8.72. The smallest absolute Gasteiger partial charge is 0.0540 e. The fourth-order valence-electron chi connectivity index (χ4n) is 2.12. The van der Waals surface area contributed by atoms with Gasteiger partial charge in [-0.3, -0.25) is 9.67 Å². The van der Waals surface area contributed by atoms with E-state index in [1.807, 2.05) is 36.3 Å². The molecular formula is C14H20N4. The van der Waals surface area contributed by atoms with Gasteiger partial charge < -0.3 is 5.32 Å². The van der Waals surface area contributed by atoms with E-state index in [1.54, 1.807) is 0 Å². The van der Waals surface area contributed by atoms with Crippen LogP contribution in [0.25, 0.3) is 0 Å². The molecule has 0 spiro atoms. The van der Waals surface area contributed by atoms with Crippen LogP contribution in [0.4, 0.5) is 0 Å². The molecule has 2 rings (SSSR count). The van der Waals surface area contributed by atoms with E-state index in [0.29, 0.717) is 0 Å². The predicted molar refractivity (Wildman–Crippen MR) is 72.3 cm³/mol. The number of aryl methyl sites for hydroxylation is 1. The summed E-state index contributed by atoms with van der Waals surface area (Å²) in [6.45, 7) is 5.16. The Labute approximate surface area is 108 Å². The largest absolute Gasteiger partial charge is 0.310 e. The summed E-state index contributed by atoms with van der Waals surface area (Å²) in [7, 11) is 1.97. The van der Waals surface area contributed by atoms with Gasteiger partial charge in [0, 0.05) is 42.7 Å². The Hall–Kier alpha value is -1.68. The van der Waals surface area contributed by atoms with Gasteiger partial charge in [0.25, 0.3) is 0 Å². The first-order valence-electron chi connectivity index (χ1n) is 6.34. The van der Waals surface area contributed by atoms with Crippen molar-refractivity contribution in [1.29, 1.82) is 0 Å². The van der Waals surface area contributed by atoms with Crippen molar-refractivity contribution in [2.45, 2.75) is 26.3 Å². The van der Waals surface area contributed by atoms with Crippen molar-refractivity contribution in [3.05, 3.63) is 47.5 Å². The first kappa shape index (κ1) is 12.8. The van der Waals surface area contributed by atoms with Gasteiger partial charge in [0.15, 0.2) is 0 Å². The third-order valence-corrected chi connectivity index (χ3v) is 3.24. The van der Waals surface area contributed by atoms with E-state index < -0.39 is 0 Å². The standard InChI is InChI=1S/C14H20N4/c1-4-15-14(9-12-7-5-6-8-16-12)13-10-17-18(3)11(13)2/h5-8,10,14-15H,4,9H2,1-3H3. The molecule has 18 heavy (non-hydrogen) atoms. The molecule has 0 aliphatic heterocycles. The van der Waals surface area contributed by atoms with Crippen LogP contribution in [0.2, 0.25) is 0 Å². The minimum atomic E-state index is 0.276. The summed E-state index contributed by atoms with van der Waals surface area (Å²) in [6.07, 6.45) is 4.68. The van der Waals surface area contributed by atoms with Crippen LogP contribution in [0.3, 0.4) is 0 Å². The molecular weight excluding hydrogens is 224 g/mol. The second-order valence-electron chi connectivity index (χ2n) is 4.44. The molecule has 1 unspecified atom stereocenters. The van der Waals surface area contributed by atoms with Crippen molar-refractivity contribution in [3.8, 4) is 0 Å². The zero-order chi connectivity index (χ0) is 13.0. The molecule has 2 heterocycles. The van der Waals surface area contributed by atoms with Crippen LogP contribution in [0.5, 0.6) is 0 Å². The maximum absolute atomic E-state index is 4.40. The van der Waals surface area contributed by atoms with Crippen LogP contribution in [-0.2, 0) is 13.5 Å². The molecule has 2 aromatic heterocycles. The zero-order valence-electron chi connectivity index (χ0n) is 11.2. The lowest BCUT2D eigenvalue weighted by Crippen LogP contribution is -2.23. The average Bonchev–Trinajstić information content (AvgIpc) is 2.71. The fourth-order valence-corrected chi connectivity index (χ4v) is 2.12. The highest BCUT2D eigenvalue weighted by molar-refractivity contribution is 5.22. The van der Waals surface area contributed by atoms with E-state index in [2.05, 4.69) is 35.3 Å². The predicted octanol–water partition coefficient (Wildman–Crippen LogP) is 2.02. The molecule has 96 valence electrons. The lowest BCUT2D eigenvalue weighted by molar-refractivity contribution is 0.540. The highest BCUT2D eigenvalue weighted by Gasteiger charge is 2.16. The van der Waals surface area contributed by atoms with Gasteiger partial charge in [0.2, 0.25) is 0 Å². The third kappa shape index (κ3) is 2.76. The molecule has 0 aliphatic rings. The Morgan fingerprint density at radius 1 is 1.39 bits per heavy atom. The lowest BCUT2D eigenvalue weighted by atomic mass is 10.0. The van der Waals surface area contributed by atoms with Crippen molar-refractivity contribution in [2.24, 2.45) is 7.05 Å². The molecule has 4 heteroatoms. The van der Waals surface area contributed by atoms with E-state index in [1.165, 1.54) is 11.3 Å². The molecule has 0 amide bonds. The number of aromatic nitrogens is 3. The van der Waals surface area contributed by atoms with E-state index in [-0.39, 0.29) is 6.04 Å². The monoisotopic (exact) mass is 244 g/mol. The fraction of sp³-hybridized carbons (Fsp3) is 0.429. The van der Waals surface area contributed by atoms with E-state index >= 15 is 0 Å². The van der Waals surface area contributed by atoms with E-state index in [9.17, 15) is 0 Å². The highest BCUT2D eigenvalue weighted by atomic mass is 15.3. The van der Waals surface area contributed by atoms with Crippen LogP contribution < -0.4 is 5.32 Å². The maximum atomic E-state index is 4.40. The van der Waals surface area contributed by atoms with Gasteiger partial charge in [0.05, 0.1) is 6.20 Å². The van der Waals surface area contributed by atoms with Crippen LogP contribution in [0.1, 0.15) is 29.9 Å². The molecule has 0 radical (unpaired) electrons. The van der Waals surface area contributed by atoms with Gasteiger partial charge in [-0.25, -0.2) is 0 Å². The normalized spacial score (nSPS) is 12.6. The van der Waals surface area contributed by atoms with Gasteiger partial charge in [-0.05, 0) is 25.6 Å². The number of nitrogens with zero attached hydrogens (tertiary/aromatic N) is 3. The van der Waals surface area contributed by atoms with Crippen LogP contribution >= 0.6 is 0 Å². The summed E-state index contributed by atoms with van der Waals surface area (Å²) in [5.74, 6) is 0. The van der Waals surface area contributed by atoms with Crippen LogP contribution in [0.15, 0.2) is 30.6 Å². The third-order valence-electron chi connectivity index (χ3n) is 3.24. The summed E-state index contributed by atoms with van der Waals surface area (Å²) in [6, 6.07) is 6.32. The molecule has 0 bridgehead atoms. The quantitative estimate of drug-likeness (QED) is 0.875. The summed E-state index contributed by atoms with van der Waals surface area (Å²) in [4.78, 5) is 4.40. The van der Waals surface area contributed by atoms with Gasteiger partial charge in [-0.1, -0.05) is 13.0 Å². The van der Waals surface area contributed by atoms with Crippen molar-refractivity contribution in [2.75, 3.05) is 6.54 Å². The van der Waals surface area contributed by atoms with Gasteiger partial charge in [0.1, 0.15) is 0 Å². The molecule has 2 aromatic rings. The molecule has 0 aliphatic carbocycles. The second-order valence-corrected chi connectivity index (χ2v) is 4.44. The zero-order valence-corrected chi connectivity index (χ0v) is 11.2. The summed E-state index contributed by atoms with van der Waals surface area (Å²) in [5, 5.41) is 7.83. The number of rotatable bonds is 5. The SMILES string of the molecule is CCNC(Cc1ccccn1)c1cnn(C)c1C. The van der Waals surface area contributed by atoms with Crippen molar-refractivity contribution < 1.29 is 0 Å². The Morgan fingerprint density at radius 2 is 2.22 bits per heavy atom. The molecule has 0 aromatic carbocycles. The number of likely N-dealkylation sites (N-methyl/N-ethyl adjacent to an activating group) is 1. The second kappa shape index (κ2) is 5.78. The Morgan fingerprint density at radius 3 is 2.78 bits per heavy atom. The lowest BCUT2D eigenvalue weighted by Gasteiger charge is -2.17. The number of pyridine rings is 1. The summed E-state index contributed by atoms with van der Waals surface area (Å²) < 4.78 is 1.91. The van der Waals surface area contributed by atoms with E-state index in [4.69, 9.17) is 0 Å². The number of hydrogen-bond acceptors (Lipinski definition) is 3. The minimum absolute atomic E-state index is 0.276. The highest BCUT2D eigenvalue weighted by Crippen LogP contribution is 2.20. The molecule has 0 fully saturated rings. The van der Waals surface area contributed by atoms with Crippen LogP contribution in [-0.4, -0.2) is 21.3 Å². The molecule has 1 atom stereocenters. The van der Waals surface area contributed by atoms with Gasteiger partial charge in [-0.15, -0.1) is 0 Å². The molecule has 1 N–H and O–H groups in total. The van der Waals surface area contributed by atoms with Gasteiger partial charge >= 0.3 is 0 Å². The Bertz CT molecular complexity index is 490. The summed E-state index contributed by atoms with van der Waals surface area (Å²) >= 11 is 0. The van der Waals surface area contributed by atoms with Crippen LogP contribution in [0, 0.1) is 6.92 Å². The van der Waals surface area contributed by atoms with Crippen molar-refractivity contribution in [1.82, 2.24) is 20.1 Å². The summed E-state index contributed by atoms with van der Waals surface area (Å²) in [5.41, 5.74) is 3.56. The molecule has 0 saturated carbocycles. The topological polar surface area (TPSA) is 42.7 Å². The van der Waals surface area contributed by atoms with E-state index in [0.717, 1.165) is 18.7 Å². The Kier molecular flexibility index (Phi) is 4.10. The molecule has 0 saturated heterocycles. The first-order valence-corrected chi connectivity index (χ1v) is 6.34.